The number of anilines is 1. The summed E-state index contributed by atoms with van der Waals surface area (Å²) in [6, 6.07) is 11.1. The van der Waals surface area contributed by atoms with Crippen molar-refractivity contribution in [1.29, 1.82) is 0 Å². The maximum Gasteiger partial charge on any atom is 0.325 e. The summed E-state index contributed by atoms with van der Waals surface area (Å²) in [5, 5.41) is 4.92. The van der Waals surface area contributed by atoms with Crippen molar-refractivity contribution >= 4 is 29.5 Å². The average Bonchev–Trinajstić information content (AvgIpc) is 2.81. The molecule has 0 atom stereocenters. The van der Waals surface area contributed by atoms with Gasteiger partial charge in [-0.25, -0.2) is 13.6 Å². The topological polar surface area (TPSA) is 108 Å². The maximum absolute atomic E-state index is 13.6. The predicted molar refractivity (Wildman–Crippen MR) is 113 cm³/mol. The standard InChI is InChI=1S/C22H22F2N4O5/c23-15-6-7-17(18(24)12-15)21(31)25-13-20(30)33-14-19(29)27-8-10-28(11-9-27)22(32)26-16-4-2-1-3-5-16/h1-7,12H,8-11,13-14H2,(H,25,31)(H,26,32). The Hall–Kier alpha value is -4.02. The summed E-state index contributed by atoms with van der Waals surface area (Å²) < 4.78 is 31.3. The molecule has 4 amide bonds. The van der Waals surface area contributed by atoms with E-state index in [-0.39, 0.29) is 19.1 Å². The molecule has 9 nitrogen and oxygen atoms in total. The fourth-order valence-electron chi connectivity index (χ4n) is 3.09. The van der Waals surface area contributed by atoms with Gasteiger partial charge in [-0.15, -0.1) is 0 Å². The SMILES string of the molecule is O=C(CNC(=O)c1ccc(F)cc1F)OCC(=O)N1CCN(C(=O)Nc2ccccc2)CC1. The first-order valence-electron chi connectivity index (χ1n) is 10.1. The van der Waals surface area contributed by atoms with E-state index < -0.39 is 48.1 Å². The smallest absolute Gasteiger partial charge is 0.325 e. The van der Waals surface area contributed by atoms with Crippen LogP contribution in [-0.2, 0) is 14.3 Å². The molecule has 1 saturated heterocycles. The molecule has 1 fully saturated rings. The molecule has 0 radical (unpaired) electrons. The third-order valence-electron chi connectivity index (χ3n) is 4.87. The number of rotatable bonds is 6. The van der Waals surface area contributed by atoms with E-state index in [1.165, 1.54) is 4.90 Å². The van der Waals surface area contributed by atoms with Crippen LogP contribution in [0.3, 0.4) is 0 Å². The molecule has 1 aliphatic heterocycles. The monoisotopic (exact) mass is 460 g/mol. The highest BCUT2D eigenvalue weighted by Gasteiger charge is 2.25. The van der Waals surface area contributed by atoms with Crippen LogP contribution in [0.15, 0.2) is 48.5 Å². The first kappa shape index (κ1) is 23.6. The molecule has 2 aromatic rings. The third-order valence-corrected chi connectivity index (χ3v) is 4.87. The van der Waals surface area contributed by atoms with E-state index in [0.717, 1.165) is 12.1 Å². The number of hydrogen-bond acceptors (Lipinski definition) is 5. The fourth-order valence-corrected chi connectivity index (χ4v) is 3.09. The second-order valence-corrected chi connectivity index (χ2v) is 7.13. The largest absolute Gasteiger partial charge is 0.454 e. The van der Waals surface area contributed by atoms with Crippen LogP contribution >= 0.6 is 0 Å². The highest BCUT2D eigenvalue weighted by atomic mass is 19.1. The van der Waals surface area contributed by atoms with Crippen molar-refractivity contribution < 1.29 is 32.7 Å². The molecule has 0 saturated carbocycles. The molecule has 0 aromatic heterocycles. The average molecular weight is 460 g/mol. The summed E-state index contributed by atoms with van der Waals surface area (Å²) >= 11 is 0. The molecule has 1 aliphatic rings. The Kier molecular flexibility index (Phi) is 7.90. The zero-order valence-corrected chi connectivity index (χ0v) is 17.6. The van der Waals surface area contributed by atoms with Gasteiger partial charge >= 0.3 is 12.0 Å². The number of hydrogen-bond donors (Lipinski definition) is 2. The second-order valence-electron chi connectivity index (χ2n) is 7.13. The lowest BCUT2D eigenvalue weighted by Crippen LogP contribution is -2.52. The van der Waals surface area contributed by atoms with Crippen LogP contribution in [-0.4, -0.2) is 72.9 Å². The summed E-state index contributed by atoms with van der Waals surface area (Å²) in [5.74, 6) is -4.14. The van der Waals surface area contributed by atoms with Crippen molar-refractivity contribution in [2.24, 2.45) is 0 Å². The lowest BCUT2D eigenvalue weighted by atomic mass is 10.2. The first-order valence-corrected chi connectivity index (χ1v) is 10.1. The Bertz CT molecular complexity index is 1030. The van der Waals surface area contributed by atoms with Gasteiger partial charge in [-0.3, -0.25) is 14.4 Å². The summed E-state index contributed by atoms with van der Waals surface area (Å²) in [6.45, 7) is 0.0693. The molecule has 174 valence electrons. The number of ether oxygens (including phenoxy) is 1. The Labute approximate surface area is 188 Å². The quantitative estimate of drug-likeness (QED) is 0.637. The van der Waals surface area contributed by atoms with E-state index in [4.69, 9.17) is 4.74 Å². The molecule has 33 heavy (non-hydrogen) atoms. The van der Waals surface area contributed by atoms with Gasteiger partial charge in [0.15, 0.2) is 6.61 Å². The number of nitrogens with zero attached hydrogens (tertiary/aromatic N) is 2. The first-order chi connectivity index (χ1) is 15.8. The van der Waals surface area contributed by atoms with Crippen LogP contribution in [0.1, 0.15) is 10.4 Å². The van der Waals surface area contributed by atoms with Gasteiger partial charge in [-0.05, 0) is 24.3 Å². The van der Waals surface area contributed by atoms with Crippen LogP contribution < -0.4 is 10.6 Å². The summed E-state index contributed by atoms with van der Waals surface area (Å²) in [6.07, 6.45) is 0. The van der Waals surface area contributed by atoms with Crippen molar-refractivity contribution in [3.8, 4) is 0 Å². The van der Waals surface area contributed by atoms with Crippen molar-refractivity contribution in [2.45, 2.75) is 0 Å². The molecule has 3 rings (SSSR count). The van der Waals surface area contributed by atoms with Crippen molar-refractivity contribution in [1.82, 2.24) is 15.1 Å². The molecule has 0 bridgehead atoms. The van der Waals surface area contributed by atoms with E-state index in [1.807, 2.05) is 6.07 Å². The van der Waals surface area contributed by atoms with Crippen molar-refractivity contribution in [3.63, 3.8) is 0 Å². The molecule has 11 heteroatoms. The minimum atomic E-state index is -1.06. The molecule has 2 aromatic carbocycles. The lowest BCUT2D eigenvalue weighted by molar-refractivity contribution is -0.151. The van der Waals surface area contributed by atoms with Crippen molar-refractivity contribution in [2.75, 3.05) is 44.6 Å². The number of nitrogens with one attached hydrogen (secondary N) is 2. The number of para-hydroxylation sites is 1. The number of piperazine rings is 1. The Balaban J connectivity index is 1.36. The molecular weight excluding hydrogens is 438 g/mol. The van der Waals surface area contributed by atoms with E-state index in [1.54, 1.807) is 29.2 Å². The normalized spacial score (nSPS) is 13.3. The van der Waals surface area contributed by atoms with Gasteiger partial charge in [0.2, 0.25) is 0 Å². The number of carbonyl (C=O) groups excluding carboxylic acids is 4. The zero-order chi connectivity index (χ0) is 23.8. The summed E-state index contributed by atoms with van der Waals surface area (Å²) in [5.41, 5.74) is 0.247. The van der Waals surface area contributed by atoms with E-state index >= 15 is 0 Å². The third kappa shape index (κ3) is 6.73. The van der Waals surface area contributed by atoms with Crippen LogP contribution in [0.2, 0.25) is 0 Å². The van der Waals surface area contributed by atoms with E-state index in [9.17, 15) is 28.0 Å². The van der Waals surface area contributed by atoms with E-state index in [2.05, 4.69) is 10.6 Å². The van der Waals surface area contributed by atoms with Gasteiger partial charge < -0.3 is 25.2 Å². The zero-order valence-electron chi connectivity index (χ0n) is 17.6. The minimum Gasteiger partial charge on any atom is -0.454 e. The number of benzene rings is 2. The predicted octanol–water partition coefficient (Wildman–Crippen LogP) is 1.61. The maximum atomic E-state index is 13.6. The van der Waals surface area contributed by atoms with Crippen LogP contribution in [0, 0.1) is 11.6 Å². The number of esters is 1. The Morgan fingerprint density at radius 1 is 0.909 bits per heavy atom. The highest BCUT2D eigenvalue weighted by Crippen LogP contribution is 2.10. The van der Waals surface area contributed by atoms with Gasteiger partial charge in [0, 0.05) is 37.9 Å². The Morgan fingerprint density at radius 2 is 1.58 bits per heavy atom. The molecule has 0 aliphatic carbocycles. The fraction of sp³-hybridized carbons (Fsp3) is 0.273. The molecule has 0 spiro atoms. The molecule has 2 N–H and O–H groups in total. The van der Waals surface area contributed by atoms with Crippen LogP contribution in [0.4, 0.5) is 19.3 Å². The molecule has 1 heterocycles. The van der Waals surface area contributed by atoms with Gasteiger partial charge in [0.25, 0.3) is 11.8 Å². The molecular formula is C22H22F2N4O5. The minimum absolute atomic E-state index is 0.270. The second kappa shape index (κ2) is 11.0. The highest BCUT2D eigenvalue weighted by molar-refractivity contribution is 5.96. The lowest BCUT2D eigenvalue weighted by Gasteiger charge is -2.34. The number of urea groups is 1. The molecule has 0 unspecified atom stereocenters. The van der Waals surface area contributed by atoms with Gasteiger partial charge in [0.05, 0.1) is 5.56 Å². The van der Waals surface area contributed by atoms with Crippen LogP contribution in [0.25, 0.3) is 0 Å². The van der Waals surface area contributed by atoms with Gasteiger partial charge in [-0.1, -0.05) is 18.2 Å². The van der Waals surface area contributed by atoms with Crippen molar-refractivity contribution in [3.05, 3.63) is 65.7 Å². The van der Waals surface area contributed by atoms with Crippen LogP contribution in [0.5, 0.6) is 0 Å². The number of amides is 4. The summed E-state index contributed by atoms with van der Waals surface area (Å²) in [4.78, 5) is 51.3. The number of carbonyl (C=O) groups is 4. The van der Waals surface area contributed by atoms with Gasteiger partial charge in [0.1, 0.15) is 18.2 Å². The van der Waals surface area contributed by atoms with E-state index in [0.29, 0.717) is 24.8 Å². The number of halogens is 2. The Morgan fingerprint density at radius 3 is 2.24 bits per heavy atom. The summed E-state index contributed by atoms with van der Waals surface area (Å²) in [7, 11) is 0. The van der Waals surface area contributed by atoms with Gasteiger partial charge in [-0.2, -0.15) is 0 Å².